The third kappa shape index (κ3) is 9.10. The molecule has 1 aromatic rings. The van der Waals surface area contributed by atoms with Crippen molar-refractivity contribution < 1.29 is 14.3 Å². The van der Waals surface area contributed by atoms with Gasteiger partial charge < -0.3 is 25.0 Å². The molecule has 0 aliphatic carbocycles. The number of carbonyl (C=O) groups is 1. The molecule has 1 aromatic carbocycles. The average molecular weight is 518 g/mol. The number of aliphatic imine (C=N–C) groups is 1. The van der Waals surface area contributed by atoms with Gasteiger partial charge >= 0.3 is 6.09 Å². The quantitative estimate of drug-likeness (QED) is 0.239. The molecule has 1 aliphatic rings. The third-order valence-corrected chi connectivity index (χ3v) is 4.73. The number of hydrogen-bond acceptors (Lipinski definition) is 4. The van der Waals surface area contributed by atoms with Gasteiger partial charge in [0, 0.05) is 32.2 Å². The van der Waals surface area contributed by atoms with Crippen LogP contribution in [-0.2, 0) is 11.2 Å². The summed E-state index contributed by atoms with van der Waals surface area (Å²) >= 11 is 0. The Balaban J connectivity index is 0.00000420. The second kappa shape index (κ2) is 14.3. The van der Waals surface area contributed by atoms with Crippen molar-refractivity contribution in [3.63, 3.8) is 0 Å². The number of piperidine rings is 1. The summed E-state index contributed by atoms with van der Waals surface area (Å²) in [4.78, 5) is 18.3. The summed E-state index contributed by atoms with van der Waals surface area (Å²) in [6.45, 7) is 7.33. The van der Waals surface area contributed by atoms with E-state index in [9.17, 15) is 4.79 Å². The molecule has 29 heavy (non-hydrogen) atoms. The number of carbonyl (C=O) groups excluding carboxylic acids is 1. The number of likely N-dealkylation sites (tertiary alicyclic amines) is 1. The summed E-state index contributed by atoms with van der Waals surface area (Å²) in [6, 6.07) is 8.49. The molecule has 2 N–H and O–H groups in total. The number of amides is 1. The van der Waals surface area contributed by atoms with E-state index >= 15 is 0 Å². The molecule has 0 atom stereocenters. The van der Waals surface area contributed by atoms with E-state index in [4.69, 9.17) is 14.5 Å². The van der Waals surface area contributed by atoms with Crippen LogP contribution in [0.5, 0.6) is 5.75 Å². The highest BCUT2D eigenvalue weighted by Gasteiger charge is 2.23. The number of benzene rings is 1. The van der Waals surface area contributed by atoms with Crippen molar-refractivity contribution in [2.45, 2.75) is 45.6 Å². The third-order valence-electron chi connectivity index (χ3n) is 4.73. The molecule has 1 amide bonds. The van der Waals surface area contributed by atoms with Crippen molar-refractivity contribution in [3.05, 3.63) is 29.8 Å². The molecule has 0 bridgehead atoms. The number of aryl methyl sites for hydroxylation is 1. The highest BCUT2D eigenvalue weighted by Crippen LogP contribution is 2.14. The lowest BCUT2D eigenvalue weighted by Gasteiger charge is -2.32. The van der Waals surface area contributed by atoms with Gasteiger partial charge in [0.15, 0.2) is 5.96 Å². The Hall–Kier alpha value is -1.71. The fraction of sp³-hybridized carbons (Fsp3) is 0.619. The fourth-order valence-corrected chi connectivity index (χ4v) is 3.24. The van der Waals surface area contributed by atoms with Crippen molar-refractivity contribution in [1.82, 2.24) is 15.5 Å². The molecular weight excluding hydrogens is 483 g/mol. The predicted molar refractivity (Wildman–Crippen MR) is 127 cm³/mol. The van der Waals surface area contributed by atoms with E-state index in [1.807, 2.05) is 19.1 Å². The molecule has 164 valence electrons. The molecule has 0 aromatic heterocycles. The number of rotatable bonds is 8. The number of guanidine groups is 1. The zero-order valence-corrected chi connectivity index (χ0v) is 20.1. The molecule has 7 nitrogen and oxygen atoms in total. The van der Waals surface area contributed by atoms with Gasteiger partial charge in [0.05, 0.1) is 13.7 Å². The first-order valence-electron chi connectivity index (χ1n) is 10.3. The van der Waals surface area contributed by atoms with E-state index in [0.717, 1.165) is 50.5 Å². The maximum atomic E-state index is 11.8. The minimum atomic E-state index is -0.209. The lowest BCUT2D eigenvalue weighted by Crippen LogP contribution is -2.49. The molecule has 1 aliphatic heterocycles. The molecule has 1 fully saturated rings. The maximum Gasteiger partial charge on any atom is 0.409 e. The lowest BCUT2D eigenvalue weighted by atomic mass is 10.1. The van der Waals surface area contributed by atoms with Crippen molar-refractivity contribution in [1.29, 1.82) is 0 Å². The number of nitrogens with one attached hydrogen (secondary N) is 2. The van der Waals surface area contributed by atoms with Crippen LogP contribution in [0.2, 0.25) is 0 Å². The van der Waals surface area contributed by atoms with Crippen LogP contribution in [0.3, 0.4) is 0 Å². The average Bonchev–Trinajstić information content (AvgIpc) is 2.72. The number of hydrogen-bond donors (Lipinski definition) is 2. The molecular formula is C21H35IN4O3. The normalized spacial score (nSPS) is 14.7. The molecule has 0 unspecified atom stereocenters. The first-order chi connectivity index (χ1) is 13.7. The second-order valence-corrected chi connectivity index (χ2v) is 6.82. The van der Waals surface area contributed by atoms with Gasteiger partial charge in [-0.3, -0.25) is 4.99 Å². The van der Waals surface area contributed by atoms with Crippen LogP contribution in [0.1, 0.15) is 38.7 Å². The van der Waals surface area contributed by atoms with Gasteiger partial charge in [-0.25, -0.2) is 4.79 Å². The van der Waals surface area contributed by atoms with Gasteiger partial charge in [-0.05, 0) is 57.2 Å². The van der Waals surface area contributed by atoms with E-state index in [-0.39, 0.29) is 30.1 Å². The molecule has 1 saturated heterocycles. The second-order valence-electron chi connectivity index (χ2n) is 6.82. The minimum Gasteiger partial charge on any atom is -0.497 e. The first-order valence-corrected chi connectivity index (χ1v) is 10.3. The minimum absolute atomic E-state index is 0. The first kappa shape index (κ1) is 25.3. The van der Waals surface area contributed by atoms with E-state index in [1.54, 1.807) is 12.0 Å². The monoisotopic (exact) mass is 518 g/mol. The van der Waals surface area contributed by atoms with Crippen LogP contribution in [0.15, 0.2) is 29.3 Å². The Morgan fingerprint density at radius 3 is 2.69 bits per heavy atom. The van der Waals surface area contributed by atoms with Crippen LogP contribution in [0, 0.1) is 0 Å². The van der Waals surface area contributed by atoms with Gasteiger partial charge in [-0.15, -0.1) is 24.0 Å². The van der Waals surface area contributed by atoms with Crippen molar-refractivity contribution in [2.75, 3.05) is 39.9 Å². The fourth-order valence-electron chi connectivity index (χ4n) is 3.24. The van der Waals surface area contributed by atoms with E-state index in [1.165, 1.54) is 5.56 Å². The standard InChI is InChI=1S/C21H34N4O3.HI/c1-4-22-20(23-13-7-9-17-8-6-10-19(16-17)27-3)24-18-11-14-25(15-12-18)21(26)28-5-2;/h6,8,10,16,18H,4-5,7,9,11-15H2,1-3H3,(H2,22,23,24);1H. The predicted octanol–water partition coefficient (Wildman–Crippen LogP) is 3.42. The van der Waals surface area contributed by atoms with Gasteiger partial charge in [0.2, 0.25) is 0 Å². The summed E-state index contributed by atoms with van der Waals surface area (Å²) in [5, 5.41) is 6.82. The summed E-state index contributed by atoms with van der Waals surface area (Å²) in [6.07, 6.45) is 3.53. The summed E-state index contributed by atoms with van der Waals surface area (Å²) in [5.74, 6) is 1.74. The molecule has 0 spiro atoms. The van der Waals surface area contributed by atoms with Crippen LogP contribution >= 0.6 is 24.0 Å². The smallest absolute Gasteiger partial charge is 0.409 e. The highest BCUT2D eigenvalue weighted by molar-refractivity contribution is 14.0. The number of ether oxygens (including phenoxy) is 2. The Morgan fingerprint density at radius 1 is 1.28 bits per heavy atom. The Labute approximate surface area is 191 Å². The number of methoxy groups -OCH3 is 1. The zero-order chi connectivity index (χ0) is 20.2. The SMILES string of the molecule is CCNC(=NCCCc1cccc(OC)c1)NC1CCN(C(=O)OCC)CC1.I. The van der Waals surface area contributed by atoms with Crippen molar-refractivity contribution in [3.8, 4) is 5.75 Å². The Bertz CT molecular complexity index is 634. The lowest BCUT2D eigenvalue weighted by molar-refractivity contribution is 0.0963. The van der Waals surface area contributed by atoms with Crippen LogP contribution in [-0.4, -0.2) is 62.9 Å². The Kier molecular flexibility index (Phi) is 12.5. The summed E-state index contributed by atoms with van der Waals surface area (Å²) in [5.41, 5.74) is 1.26. The van der Waals surface area contributed by atoms with Gasteiger partial charge in [-0.1, -0.05) is 12.1 Å². The molecule has 2 rings (SSSR count). The largest absolute Gasteiger partial charge is 0.497 e. The molecule has 8 heteroatoms. The summed E-state index contributed by atoms with van der Waals surface area (Å²) in [7, 11) is 1.69. The van der Waals surface area contributed by atoms with Gasteiger partial charge in [0.1, 0.15) is 5.75 Å². The number of nitrogens with zero attached hydrogens (tertiary/aromatic N) is 2. The topological polar surface area (TPSA) is 75.2 Å². The van der Waals surface area contributed by atoms with Gasteiger partial charge in [-0.2, -0.15) is 0 Å². The van der Waals surface area contributed by atoms with E-state index in [0.29, 0.717) is 25.7 Å². The maximum absolute atomic E-state index is 11.8. The zero-order valence-electron chi connectivity index (χ0n) is 17.8. The Morgan fingerprint density at radius 2 is 2.03 bits per heavy atom. The molecule has 0 saturated carbocycles. The highest BCUT2D eigenvalue weighted by atomic mass is 127. The van der Waals surface area contributed by atoms with Crippen molar-refractivity contribution >= 4 is 36.0 Å². The van der Waals surface area contributed by atoms with Crippen LogP contribution < -0.4 is 15.4 Å². The van der Waals surface area contributed by atoms with Crippen LogP contribution in [0.4, 0.5) is 4.79 Å². The van der Waals surface area contributed by atoms with Crippen LogP contribution in [0.25, 0.3) is 0 Å². The summed E-state index contributed by atoms with van der Waals surface area (Å²) < 4.78 is 10.3. The van der Waals surface area contributed by atoms with E-state index in [2.05, 4.69) is 29.7 Å². The van der Waals surface area contributed by atoms with Crippen molar-refractivity contribution in [2.24, 2.45) is 4.99 Å². The molecule has 0 radical (unpaired) electrons. The van der Waals surface area contributed by atoms with E-state index < -0.39 is 0 Å². The number of halogens is 1. The van der Waals surface area contributed by atoms with Gasteiger partial charge in [0.25, 0.3) is 0 Å². The molecule has 1 heterocycles.